The van der Waals surface area contributed by atoms with Gasteiger partial charge in [0.25, 0.3) is 0 Å². The number of carbonyl (C=O) groups excluding carboxylic acids is 3. The molecule has 8 N–H and O–H groups in total. The van der Waals surface area contributed by atoms with Crippen molar-refractivity contribution in [3.63, 3.8) is 0 Å². The van der Waals surface area contributed by atoms with Crippen LogP contribution in [0.5, 0.6) is 5.75 Å². The minimum atomic E-state index is -1.23. The normalized spacial score (nSPS) is 17.4. The standard InChI is InChI=1S/C25H39N5O6S/c1-37-14-11-20(29-22(32)18-6-4-13-27-18)24(34)28-19(5-2-3-12-26)23(33)30-21(25(35)36)15-16-7-9-17(31)10-8-16/h7-10,18-21,27,31H,2-6,11-15,26H2,1H3,(H,28,34)(H,29,32)(H,30,33)(H,35,36). The molecule has 0 saturated carbocycles. The number of amides is 3. The minimum Gasteiger partial charge on any atom is -0.508 e. The number of thioether (sulfide) groups is 1. The molecule has 1 saturated heterocycles. The Bertz CT molecular complexity index is 894. The molecule has 0 radical (unpaired) electrons. The smallest absolute Gasteiger partial charge is 0.326 e. The number of phenols is 1. The van der Waals surface area contributed by atoms with Crippen LogP contribution < -0.4 is 27.0 Å². The van der Waals surface area contributed by atoms with Crippen LogP contribution in [0.2, 0.25) is 0 Å². The molecule has 0 spiro atoms. The lowest BCUT2D eigenvalue weighted by Gasteiger charge is -2.25. The van der Waals surface area contributed by atoms with Crippen LogP contribution in [0.1, 0.15) is 44.1 Å². The molecule has 206 valence electrons. The first-order valence-electron chi connectivity index (χ1n) is 12.6. The Morgan fingerprint density at radius 1 is 1.03 bits per heavy atom. The van der Waals surface area contributed by atoms with E-state index in [9.17, 15) is 29.4 Å². The number of aromatic hydroxyl groups is 1. The van der Waals surface area contributed by atoms with E-state index >= 15 is 0 Å². The summed E-state index contributed by atoms with van der Waals surface area (Å²) in [5.41, 5.74) is 6.21. The molecule has 4 atom stereocenters. The van der Waals surface area contributed by atoms with E-state index in [4.69, 9.17) is 5.73 Å². The number of carboxylic acid groups (broad SMARTS) is 1. The molecule has 1 aromatic carbocycles. The number of nitrogens with two attached hydrogens (primary N) is 1. The van der Waals surface area contributed by atoms with Gasteiger partial charge in [-0.05, 0) is 81.3 Å². The first-order chi connectivity index (χ1) is 17.7. The third kappa shape index (κ3) is 10.6. The predicted molar refractivity (Wildman–Crippen MR) is 142 cm³/mol. The largest absolute Gasteiger partial charge is 0.508 e. The van der Waals surface area contributed by atoms with Gasteiger partial charge < -0.3 is 37.2 Å². The third-order valence-corrected chi connectivity index (χ3v) is 6.84. The zero-order valence-electron chi connectivity index (χ0n) is 21.2. The van der Waals surface area contributed by atoms with E-state index in [1.54, 1.807) is 23.9 Å². The number of rotatable bonds is 16. The van der Waals surface area contributed by atoms with E-state index in [0.29, 0.717) is 43.5 Å². The third-order valence-electron chi connectivity index (χ3n) is 6.19. The van der Waals surface area contributed by atoms with Crippen molar-refractivity contribution in [3.8, 4) is 5.75 Å². The van der Waals surface area contributed by atoms with Crippen LogP contribution in [-0.4, -0.2) is 83.2 Å². The molecule has 4 unspecified atom stereocenters. The van der Waals surface area contributed by atoms with Crippen LogP contribution in [-0.2, 0) is 25.6 Å². The fraction of sp³-hybridized carbons (Fsp3) is 0.600. The Kier molecular flexibility index (Phi) is 13.2. The maximum absolute atomic E-state index is 13.2. The second-order valence-electron chi connectivity index (χ2n) is 9.11. The van der Waals surface area contributed by atoms with Crippen LogP contribution in [0.15, 0.2) is 24.3 Å². The topological polar surface area (TPSA) is 183 Å². The first-order valence-corrected chi connectivity index (χ1v) is 14.0. The van der Waals surface area contributed by atoms with Crippen molar-refractivity contribution in [3.05, 3.63) is 29.8 Å². The Morgan fingerprint density at radius 2 is 1.68 bits per heavy atom. The molecule has 12 heteroatoms. The van der Waals surface area contributed by atoms with E-state index < -0.39 is 35.9 Å². The van der Waals surface area contributed by atoms with Crippen molar-refractivity contribution in [2.75, 3.05) is 25.1 Å². The van der Waals surface area contributed by atoms with Crippen LogP contribution >= 0.6 is 11.8 Å². The SMILES string of the molecule is CSCCC(NC(=O)C1CCCN1)C(=O)NC(CCCCN)C(=O)NC(Cc1ccc(O)cc1)C(=O)O. The molecule has 0 bridgehead atoms. The molecular formula is C25H39N5O6S. The molecule has 2 rings (SSSR count). The summed E-state index contributed by atoms with van der Waals surface area (Å²) in [5.74, 6) is -1.89. The van der Waals surface area contributed by atoms with Gasteiger partial charge in [-0.2, -0.15) is 11.8 Å². The van der Waals surface area contributed by atoms with E-state index in [1.807, 2.05) is 6.26 Å². The van der Waals surface area contributed by atoms with Gasteiger partial charge in [-0.3, -0.25) is 14.4 Å². The average Bonchev–Trinajstić information content (AvgIpc) is 3.42. The highest BCUT2D eigenvalue weighted by molar-refractivity contribution is 7.98. The van der Waals surface area contributed by atoms with Crippen LogP contribution in [0.25, 0.3) is 0 Å². The van der Waals surface area contributed by atoms with Gasteiger partial charge in [0.1, 0.15) is 23.9 Å². The van der Waals surface area contributed by atoms with Crippen molar-refractivity contribution in [2.45, 2.75) is 69.1 Å². The quantitative estimate of drug-likeness (QED) is 0.144. The van der Waals surface area contributed by atoms with Gasteiger partial charge in [0, 0.05) is 6.42 Å². The van der Waals surface area contributed by atoms with Crippen LogP contribution in [0.3, 0.4) is 0 Å². The second-order valence-corrected chi connectivity index (χ2v) is 10.1. The maximum atomic E-state index is 13.2. The summed E-state index contributed by atoms with van der Waals surface area (Å²) >= 11 is 1.54. The monoisotopic (exact) mass is 537 g/mol. The summed E-state index contributed by atoms with van der Waals surface area (Å²) < 4.78 is 0. The number of phenolic OH excluding ortho intramolecular Hbond substituents is 1. The highest BCUT2D eigenvalue weighted by Gasteiger charge is 2.31. The zero-order valence-corrected chi connectivity index (χ0v) is 22.0. The summed E-state index contributed by atoms with van der Waals surface area (Å²) in [7, 11) is 0. The number of nitrogens with one attached hydrogen (secondary N) is 4. The molecule has 0 aliphatic carbocycles. The molecule has 37 heavy (non-hydrogen) atoms. The lowest BCUT2D eigenvalue weighted by atomic mass is 10.0. The summed E-state index contributed by atoms with van der Waals surface area (Å²) in [6, 6.07) is 2.66. The van der Waals surface area contributed by atoms with Crippen molar-refractivity contribution in [2.24, 2.45) is 5.73 Å². The fourth-order valence-electron chi connectivity index (χ4n) is 4.06. The number of hydrogen-bond donors (Lipinski definition) is 7. The molecule has 1 aliphatic heterocycles. The summed E-state index contributed by atoms with van der Waals surface area (Å²) in [4.78, 5) is 50.8. The van der Waals surface area contributed by atoms with Gasteiger partial charge in [0.15, 0.2) is 0 Å². The Hall–Kier alpha value is -2.83. The molecule has 1 aromatic rings. The highest BCUT2D eigenvalue weighted by Crippen LogP contribution is 2.12. The van der Waals surface area contributed by atoms with Crippen molar-refractivity contribution >= 4 is 35.5 Å². The van der Waals surface area contributed by atoms with Crippen LogP contribution in [0, 0.1) is 0 Å². The molecule has 3 amide bonds. The van der Waals surface area contributed by atoms with Gasteiger partial charge >= 0.3 is 5.97 Å². The molecule has 0 aromatic heterocycles. The Labute approximate surface area is 221 Å². The fourth-order valence-corrected chi connectivity index (χ4v) is 4.53. The molecular weight excluding hydrogens is 498 g/mol. The number of carboxylic acids is 1. The van der Waals surface area contributed by atoms with Crippen molar-refractivity contribution in [1.82, 2.24) is 21.3 Å². The van der Waals surface area contributed by atoms with Gasteiger partial charge in [0.2, 0.25) is 17.7 Å². The Balaban J connectivity index is 2.10. The number of hydrogen-bond acceptors (Lipinski definition) is 8. The van der Waals surface area contributed by atoms with Gasteiger partial charge in [0.05, 0.1) is 6.04 Å². The molecule has 11 nitrogen and oxygen atoms in total. The predicted octanol–water partition coefficient (Wildman–Crippen LogP) is 0.108. The van der Waals surface area contributed by atoms with Crippen molar-refractivity contribution < 1.29 is 29.4 Å². The van der Waals surface area contributed by atoms with E-state index in [2.05, 4.69) is 21.3 Å². The molecule has 1 fully saturated rings. The number of benzene rings is 1. The van der Waals surface area contributed by atoms with Crippen LogP contribution in [0.4, 0.5) is 0 Å². The first kappa shape index (κ1) is 30.4. The van der Waals surface area contributed by atoms with Gasteiger partial charge in [-0.15, -0.1) is 0 Å². The van der Waals surface area contributed by atoms with E-state index in [-0.39, 0.29) is 30.5 Å². The Morgan fingerprint density at radius 3 is 2.24 bits per heavy atom. The average molecular weight is 538 g/mol. The summed E-state index contributed by atoms with van der Waals surface area (Å²) in [6.45, 7) is 1.17. The maximum Gasteiger partial charge on any atom is 0.326 e. The second kappa shape index (κ2) is 16.1. The number of aliphatic carboxylic acids is 1. The van der Waals surface area contributed by atoms with Gasteiger partial charge in [-0.1, -0.05) is 12.1 Å². The zero-order chi connectivity index (χ0) is 27.2. The lowest BCUT2D eigenvalue weighted by Crippen LogP contribution is -2.57. The van der Waals surface area contributed by atoms with E-state index in [1.165, 1.54) is 12.1 Å². The highest BCUT2D eigenvalue weighted by atomic mass is 32.2. The molecule has 1 heterocycles. The minimum absolute atomic E-state index is 0.00557. The van der Waals surface area contributed by atoms with Crippen molar-refractivity contribution in [1.29, 1.82) is 0 Å². The number of carbonyl (C=O) groups is 4. The van der Waals surface area contributed by atoms with Gasteiger partial charge in [-0.25, -0.2) is 4.79 Å². The lowest BCUT2D eigenvalue weighted by molar-refractivity contribution is -0.142. The molecule has 1 aliphatic rings. The number of unbranched alkanes of at least 4 members (excludes halogenated alkanes) is 1. The summed E-state index contributed by atoms with van der Waals surface area (Å²) in [5, 5.41) is 30.3. The van der Waals surface area contributed by atoms with E-state index in [0.717, 1.165) is 13.0 Å². The summed E-state index contributed by atoms with van der Waals surface area (Å²) in [6.07, 6.45) is 5.34.